The lowest BCUT2D eigenvalue weighted by Crippen LogP contribution is -2.32. The van der Waals surface area contributed by atoms with Crippen molar-refractivity contribution in [2.75, 3.05) is 17.1 Å². The summed E-state index contributed by atoms with van der Waals surface area (Å²) in [5.41, 5.74) is 0.727. The van der Waals surface area contributed by atoms with E-state index in [0.29, 0.717) is 12.2 Å². The van der Waals surface area contributed by atoms with Gasteiger partial charge in [0.1, 0.15) is 0 Å². The molecule has 0 atom stereocenters. The summed E-state index contributed by atoms with van der Waals surface area (Å²) < 4.78 is 24.9. The highest BCUT2D eigenvalue weighted by Gasteiger charge is 2.20. The SMILES string of the molecule is CC(C)(C)CCN(c1cccnc1)S(C)(=O)=O. The van der Waals surface area contributed by atoms with E-state index in [4.69, 9.17) is 0 Å². The summed E-state index contributed by atoms with van der Waals surface area (Å²) in [6.45, 7) is 6.76. The van der Waals surface area contributed by atoms with Gasteiger partial charge in [-0.3, -0.25) is 9.29 Å². The molecule has 0 aliphatic carbocycles. The second-order valence-corrected chi connectivity index (χ2v) is 7.26. The molecule has 1 aromatic heterocycles. The van der Waals surface area contributed by atoms with E-state index in [-0.39, 0.29) is 5.41 Å². The van der Waals surface area contributed by atoms with Gasteiger partial charge in [-0.1, -0.05) is 20.8 Å². The van der Waals surface area contributed by atoms with Gasteiger partial charge in [0.2, 0.25) is 10.0 Å². The third-order valence-corrected chi connectivity index (χ3v) is 3.59. The Bertz CT molecular complexity index is 449. The number of pyridine rings is 1. The minimum absolute atomic E-state index is 0.102. The summed E-state index contributed by atoms with van der Waals surface area (Å²) in [7, 11) is -3.25. The van der Waals surface area contributed by atoms with E-state index in [9.17, 15) is 8.42 Å². The number of aromatic nitrogens is 1. The van der Waals surface area contributed by atoms with Crippen LogP contribution >= 0.6 is 0 Å². The maximum Gasteiger partial charge on any atom is 0.232 e. The summed E-state index contributed by atoms with van der Waals surface area (Å²) in [6.07, 6.45) is 5.23. The first-order valence-corrected chi connectivity index (χ1v) is 7.43. The Morgan fingerprint density at radius 2 is 2.00 bits per heavy atom. The highest BCUT2D eigenvalue weighted by molar-refractivity contribution is 7.92. The predicted octanol–water partition coefficient (Wildman–Crippen LogP) is 2.28. The summed E-state index contributed by atoms with van der Waals surface area (Å²) >= 11 is 0. The number of anilines is 1. The molecule has 0 N–H and O–H groups in total. The quantitative estimate of drug-likeness (QED) is 0.830. The van der Waals surface area contributed by atoms with Gasteiger partial charge < -0.3 is 0 Å². The van der Waals surface area contributed by atoms with Gasteiger partial charge in [-0.05, 0) is 24.0 Å². The number of hydrogen-bond donors (Lipinski definition) is 0. The van der Waals surface area contributed by atoms with Gasteiger partial charge in [0.15, 0.2) is 0 Å². The van der Waals surface area contributed by atoms with Crippen LogP contribution in [0.4, 0.5) is 5.69 Å². The van der Waals surface area contributed by atoms with Crippen molar-refractivity contribution in [3.8, 4) is 0 Å². The number of hydrogen-bond acceptors (Lipinski definition) is 3. The van der Waals surface area contributed by atoms with Crippen LogP contribution < -0.4 is 4.31 Å². The van der Waals surface area contributed by atoms with Crippen LogP contribution in [-0.2, 0) is 10.0 Å². The molecular formula is C12H20N2O2S. The molecule has 5 heteroatoms. The fourth-order valence-corrected chi connectivity index (χ4v) is 2.34. The molecule has 0 radical (unpaired) electrons. The van der Waals surface area contributed by atoms with Crippen molar-refractivity contribution in [2.45, 2.75) is 27.2 Å². The highest BCUT2D eigenvalue weighted by atomic mass is 32.2. The lowest BCUT2D eigenvalue weighted by molar-refractivity contribution is 0.385. The number of rotatable bonds is 4. The normalized spacial score (nSPS) is 12.5. The fraction of sp³-hybridized carbons (Fsp3) is 0.583. The second-order valence-electron chi connectivity index (χ2n) is 5.36. The Balaban J connectivity index is 2.92. The van der Waals surface area contributed by atoms with Gasteiger partial charge in [-0.25, -0.2) is 8.42 Å². The first kappa shape index (κ1) is 14.0. The van der Waals surface area contributed by atoms with Gasteiger partial charge in [-0.2, -0.15) is 0 Å². The molecule has 1 heterocycles. The molecule has 0 amide bonds. The molecule has 0 fully saturated rings. The van der Waals surface area contributed by atoms with Crippen LogP contribution in [0, 0.1) is 5.41 Å². The van der Waals surface area contributed by atoms with Crippen LogP contribution in [0.5, 0.6) is 0 Å². The number of nitrogens with zero attached hydrogens (tertiary/aromatic N) is 2. The standard InChI is InChI=1S/C12H20N2O2S/c1-12(2,3)7-9-14(17(4,15)16)11-6-5-8-13-10-11/h5-6,8,10H,7,9H2,1-4H3. The van der Waals surface area contributed by atoms with E-state index >= 15 is 0 Å². The minimum atomic E-state index is -3.25. The van der Waals surface area contributed by atoms with Crippen molar-refractivity contribution in [1.29, 1.82) is 0 Å². The average molecular weight is 256 g/mol. The molecule has 0 saturated heterocycles. The van der Waals surface area contributed by atoms with E-state index < -0.39 is 10.0 Å². The van der Waals surface area contributed by atoms with Crippen LogP contribution in [-0.4, -0.2) is 26.2 Å². The van der Waals surface area contributed by atoms with Crippen LogP contribution in [0.2, 0.25) is 0 Å². The number of sulfonamides is 1. The zero-order chi connectivity index (χ0) is 13.1. The van der Waals surface area contributed by atoms with E-state index in [1.54, 1.807) is 24.5 Å². The zero-order valence-electron chi connectivity index (χ0n) is 10.8. The Labute approximate surface area is 104 Å². The molecular weight excluding hydrogens is 236 g/mol. The summed E-state index contributed by atoms with van der Waals surface area (Å²) in [6, 6.07) is 3.50. The van der Waals surface area contributed by atoms with Gasteiger partial charge >= 0.3 is 0 Å². The molecule has 0 spiro atoms. The highest BCUT2D eigenvalue weighted by Crippen LogP contribution is 2.23. The van der Waals surface area contributed by atoms with E-state index in [2.05, 4.69) is 25.8 Å². The van der Waals surface area contributed by atoms with Gasteiger partial charge in [-0.15, -0.1) is 0 Å². The topological polar surface area (TPSA) is 50.3 Å². The molecule has 1 aromatic rings. The minimum Gasteiger partial charge on any atom is -0.269 e. The van der Waals surface area contributed by atoms with Crippen LogP contribution in [0.15, 0.2) is 24.5 Å². The van der Waals surface area contributed by atoms with Crippen molar-refractivity contribution < 1.29 is 8.42 Å². The lowest BCUT2D eigenvalue weighted by atomic mass is 9.92. The Morgan fingerprint density at radius 3 is 2.41 bits per heavy atom. The largest absolute Gasteiger partial charge is 0.269 e. The second kappa shape index (κ2) is 5.04. The Kier molecular flexibility index (Phi) is 4.14. The first-order chi connectivity index (χ1) is 7.70. The van der Waals surface area contributed by atoms with Crippen molar-refractivity contribution in [3.05, 3.63) is 24.5 Å². The molecule has 4 nitrogen and oxygen atoms in total. The maximum atomic E-state index is 11.7. The monoisotopic (exact) mass is 256 g/mol. The third kappa shape index (κ3) is 4.73. The molecule has 0 aliphatic heterocycles. The summed E-state index contributed by atoms with van der Waals surface area (Å²) in [5, 5.41) is 0. The smallest absolute Gasteiger partial charge is 0.232 e. The predicted molar refractivity (Wildman–Crippen MR) is 70.5 cm³/mol. The lowest BCUT2D eigenvalue weighted by Gasteiger charge is -2.26. The first-order valence-electron chi connectivity index (χ1n) is 5.58. The molecule has 0 unspecified atom stereocenters. The van der Waals surface area contributed by atoms with E-state index in [0.717, 1.165) is 6.42 Å². The molecule has 0 aromatic carbocycles. The molecule has 1 rings (SSSR count). The molecule has 0 bridgehead atoms. The van der Waals surface area contributed by atoms with E-state index in [1.165, 1.54) is 10.6 Å². The van der Waals surface area contributed by atoms with Crippen molar-refractivity contribution in [2.24, 2.45) is 5.41 Å². The Hall–Kier alpha value is -1.10. The molecule has 0 saturated carbocycles. The van der Waals surface area contributed by atoms with Crippen LogP contribution in [0.3, 0.4) is 0 Å². The third-order valence-electron chi connectivity index (χ3n) is 2.40. The summed E-state index contributed by atoms with van der Waals surface area (Å²) in [5.74, 6) is 0. The molecule has 0 aliphatic rings. The van der Waals surface area contributed by atoms with Crippen LogP contribution in [0.25, 0.3) is 0 Å². The molecule has 96 valence electrons. The Morgan fingerprint density at radius 1 is 1.35 bits per heavy atom. The fourth-order valence-electron chi connectivity index (χ4n) is 1.42. The van der Waals surface area contributed by atoms with Gasteiger partial charge in [0.25, 0.3) is 0 Å². The zero-order valence-corrected chi connectivity index (χ0v) is 11.7. The van der Waals surface area contributed by atoms with Crippen molar-refractivity contribution >= 4 is 15.7 Å². The summed E-state index contributed by atoms with van der Waals surface area (Å²) in [4.78, 5) is 3.96. The maximum absolute atomic E-state index is 11.7. The van der Waals surface area contributed by atoms with Gasteiger partial charge in [0, 0.05) is 12.7 Å². The van der Waals surface area contributed by atoms with Gasteiger partial charge in [0.05, 0.1) is 18.1 Å². The van der Waals surface area contributed by atoms with E-state index in [1.807, 2.05) is 0 Å². The average Bonchev–Trinajstić information content (AvgIpc) is 2.15. The van der Waals surface area contributed by atoms with Crippen LogP contribution in [0.1, 0.15) is 27.2 Å². The molecule has 17 heavy (non-hydrogen) atoms. The van der Waals surface area contributed by atoms with Crippen molar-refractivity contribution in [1.82, 2.24) is 4.98 Å². The van der Waals surface area contributed by atoms with Crippen molar-refractivity contribution in [3.63, 3.8) is 0 Å².